The molecule has 1 nitrogen and oxygen atoms in total. The van der Waals surface area contributed by atoms with E-state index in [1.54, 1.807) is 11.8 Å². The van der Waals surface area contributed by atoms with Crippen molar-refractivity contribution in [3.63, 3.8) is 0 Å². The maximum Gasteiger partial charge on any atom is 0.166 e. The summed E-state index contributed by atoms with van der Waals surface area (Å²) < 4.78 is 0. The first-order chi connectivity index (χ1) is 5.20. The second-order valence-electron chi connectivity index (χ2n) is 2.99. The van der Waals surface area contributed by atoms with Crippen LogP contribution in [0.25, 0.3) is 0 Å². The van der Waals surface area contributed by atoms with Crippen LogP contribution in [0.15, 0.2) is 0 Å². The molecule has 0 N–H and O–H groups in total. The molecule has 2 aliphatic rings. The number of ketones is 1. The predicted octanol–water partition coefficient (Wildman–Crippen LogP) is 2.05. The van der Waals surface area contributed by atoms with E-state index in [9.17, 15) is 4.79 Å². The molecular formula is C7H8Cl2OS. The van der Waals surface area contributed by atoms with Crippen LogP contribution in [0.1, 0.15) is 12.8 Å². The molecule has 2 fully saturated rings. The normalized spacial score (nSPS) is 49.8. The number of alkyl halides is 2. The van der Waals surface area contributed by atoms with Crippen molar-refractivity contribution in [2.75, 3.05) is 0 Å². The molecule has 0 radical (unpaired) electrons. The number of hydrogen-bond donors (Lipinski definition) is 0. The van der Waals surface area contributed by atoms with Crippen LogP contribution >= 0.6 is 35.0 Å². The van der Waals surface area contributed by atoms with E-state index in [1.807, 2.05) is 0 Å². The summed E-state index contributed by atoms with van der Waals surface area (Å²) in [7, 11) is 0. The number of carbonyl (C=O) groups excluding carboxylic acids is 1. The van der Waals surface area contributed by atoms with Crippen molar-refractivity contribution in [1.82, 2.24) is 0 Å². The molecule has 0 aromatic carbocycles. The lowest BCUT2D eigenvalue weighted by Gasteiger charge is -2.21. The Morgan fingerprint density at radius 1 is 1.36 bits per heavy atom. The third-order valence-electron chi connectivity index (χ3n) is 2.26. The topological polar surface area (TPSA) is 17.1 Å². The van der Waals surface area contributed by atoms with Crippen molar-refractivity contribution in [2.24, 2.45) is 0 Å². The Bertz CT molecular complexity index is 197. The molecule has 2 saturated heterocycles. The Morgan fingerprint density at radius 3 is 2.73 bits per heavy atom. The molecule has 0 amide bonds. The molecule has 2 aliphatic heterocycles. The fraction of sp³-hybridized carbons (Fsp3) is 0.857. The fourth-order valence-electron chi connectivity index (χ4n) is 1.62. The Hall–Kier alpha value is 0.600. The number of hydrogen-bond acceptors (Lipinski definition) is 2. The summed E-state index contributed by atoms with van der Waals surface area (Å²) in [6, 6.07) is 0. The van der Waals surface area contributed by atoms with Gasteiger partial charge in [0.1, 0.15) is 5.38 Å². The highest BCUT2D eigenvalue weighted by atomic mass is 35.5. The molecular weight excluding hydrogens is 203 g/mol. The lowest BCUT2D eigenvalue weighted by molar-refractivity contribution is -0.117. The highest BCUT2D eigenvalue weighted by Crippen LogP contribution is 2.45. The standard InChI is InChI=1S/C7H8Cl2OS/c8-3-1-2-4-5(9)6(10)7(3)11-4/h3-5,7H,1-2H2. The quantitative estimate of drug-likeness (QED) is 0.570. The third kappa shape index (κ3) is 1.20. The smallest absolute Gasteiger partial charge is 0.166 e. The Balaban J connectivity index is 2.22. The van der Waals surface area contributed by atoms with Crippen LogP contribution in [0.2, 0.25) is 0 Å². The van der Waals surface area contributed by atoms with Crippen LogP contribution in [0, 0.1) is 0 Å². The Labute approximate surface area is 79.8 Å². The van der Waals surface area contributed by atoms with E-state index in [0.717, 1.165) is 12.8 Å². The Kier molecular flexibility index (Phi) is 2.11. The van der Waals surface area contributed by atoms with Gasteiger partial charge in [-0.25, -0.2) is 0 Å². The summed E-state index contributed by atoms with van der Waals surface area (Å²) in [5.74, 6) is 0.152. The summed E-state index contributed by atoms with van der Waals surface area (Å²) >= 11 is 13.5. The first-order valence-electron chi connectivity index (χ1n) is 3.67. The monoisotopic (exact) mass is 210 g/mol. The summed E-state index contributed by atoms with van der Waals surface area (Å²) in [6.45, 7) is 0. The van der Waals surface area contributed by atoms with Gasteiger partial charge in [-0.2, -0.15) is 0 Å². The molecule has 2 heterocycles. The van der Waals surface area contributed by atoms with Gasteiger partial charge in [-0.05, 0) is 12.8 Å². The molecule has 0 aromatic heterocycles. The Morgan fingerprint density at radius 2 is 2.09 bits per heavy atom. The van der Waals surface area contributed by atoms with Gasteiger partial charge in [0.2, 0.25) is 0 Å². The first-order valence-corrected chi connectivity index (χ1v) is 5.49. The number of carbonyl (C=O) groups is 1. The predicted molar refractivity (Wildman–Crippen MR) is 48.7 cm³/mol. The van der Waals surface area contributed by atoms with Crippen molar-refractivity contribution in [3.05, 3.63) is 0 Å². The minimum atomic E-state index is -0.270. The van der Waals surface area contributed by atoms with Crippen LogP contribution in [0.3, 0.4) is 0 Å². The van der Waals surface area contributed by atoms with Gasteiger partial charge in [-0.15, -0.1) is 35.0 Å². The summed E-state index contributed by atoms with van der Waals surface area (Å²) in [6.07, 6.45) is 1.94. The van der Waals surface area contributed by atoms with Crippen molar-refractivity contribution in [1.29, 1.82) is 0 Å². The van der Waals surface area contributed by atoms with E-state index in [4.69, 9.17) is 23.2 Å². The lowest BCUT2D eigenvalue weighted by Crippen LogP contribution is -2.25. The van der Waals surface area contributed by atoms with Crippen molar-refractivity contribution in [3.8, 4) is 0 Å². The van der Waals surface area contributed by atoms with Crippen molar-refractivity contribution in [2.45, 2.75) is 34.1 Å². The van der Waals surface area contributed by atoms with E-state index < -0.39 is 0 Å². The van der Waals surface area contributed by atoms with Gasteiger partial charge in [-0.3, -0.25) is 4.79 Å². The molecule has 4 unspecified atom stereocenters. The van der Waals surface area contributed by atoms with Crippen molar-refractivity contribution >= 4 is 40.7 Å². The van der Waals surface area contributed by atoms with E-state index >= 15 is 0 Å². The fourth-order valence-corrected chi connectivity index (χ4v) is 4.07. The summed E-state index contributed by atoms with van der Waals surface area (Å²) in [5, 5.41) is 0.0725. The van der Waals surface area contributed by atoms with Crippen LogP contribution in [0.4, 0.5) is 0 Å². The van der Waals surface area contributed by atoms with Gasteiger partial charge in [-0.1, -0.05) is 0 Å². The second kappa shape index (κ2) is 2.82. The van der Waals surface area contributed by atoms with E-state index in [-0.39, 0.29) is 21.8 Å². The average Bonchev–Trinajstić information content (AvgIpc) is 2.24. The van der Waals surface area contributed by atoms with E-state index in [2.05, 4.69) is 0 Å². The zero-order valence-corrected chi connectivity index (χ0v) is 8.12. The minimum Gasteiger partial charge on any atom is -0.297 e. The molecule has 11 heavy (non-hydrogen) atoms. The zero-order valence-electron chi connectivity index (χ0n) is 5.80. The zero-order chi connectivity index (χ0) is 8.01. The number of Topliss-reactive ketones (excluding diaryl/α,β-unsaturated/α-hetero) is 1. The molecule has 4 heteroatoms. The highest BCUT2D eigenvalue weighted by Gasteiger charge is 2.48. The molecule has 62 valence electrons. The maximum absolute atomic E-state index is 11.4. The first kappa shape index (κ1) is 8.21. The molecule has 2 bridgehead atoms. The average molecular weight is 211 g/mol. The largest absolute Gasteiger partial charge is 0.297 e. The molecule has 0 aliphatic carbocycles. The molecule has 0 aromatic rings. The van der Waals surface area contributed by atoms with Crippen LogP contribution in [-0.4, -0.2) is 27.0 Å². The molecule has 0 spiro atoms. The van der Waals surface area contributed by atoms with E-state index in [1.165, 1.54) is 0 Å². The van der Waals surface area contributed by atoms with Gasteiger partial charge in [0, 0.05) is 5.25 Å². The van der Waals surface area contributed by atoms with Crippen LogP contribution in [-0.2, 0) is 4.79 Å². The molecule has 2 rings (SSSR count). The van der Waals surface area contributed by atoms with Gasteiger partial charge in [0.25, 0.3) is 0 Å². The van der Waals surface area contributed by atoms with Gasteiger partial charge in [0.15, 0.2) is 5.78 Å². The van der Waals surface area contributed by atoms with E-state index in [0.29, 0.717) is 5.25 Å². The highest BCUT2D eigenvalue weighted by molar-refractivity contribution is 8.02. The van der Waals surface area contributed by atoms with Gasteiger partial charge >= 0.3 is 0 Å². The van der Waals surface area contributed by atoms with Crippen LogP contribution < -0.4 is 0 Å². The van der Waals surface area contributed by atoms with Gasteiger partial charge < -0.3 is 0 Å². The molecule has 4 atom stereocenters. The third-order valence-corrected chi connectivity index (χ3v) is 5.26. The second-order valence-corrected chi connectivity index (χ2v) is 5.41. The number of halogens is 2. The number of thioether (sulfide) groups is 1. The molecule has 0 saturated carbocycles. The van der Waals surface area contributed by atoms with Crippen LogP contribution in [0.5, 0.6) is 0 Å². The number of fused-ring (bicyclic) bond motifs is 2. The maximum atomic E-state index is 11.4. The minimum absolute atomic E-state index is 0.0158. The van der Waals surface area contributed by atoms with Crippen molar-refractivity contribution < 1.29 is 4.79 Å². The van der Waals surface area contributed by atoms with Gasteiger partial charge in [0.05, 0.1) is 10.6 Å². The number of rotatable bonds is 0. The lowest BCUT2D eigenvalue weighted by atomic mass is 10.2. The SMILES string of the molecule is O=C1C(Cl)C2CCC(Cl)C1S2. The summed E-state index contributed by atoms with van der Waals surface area (Å²) in [4.78, 5) is 11.4. The summed E-state index contributed by atoms with van der Waals surface area (Å²) in [5.41, 5.74) is 0.